The first-order valence-electron chi connectivity index (χ1n) is 11.2. The van der Waals surface area contributed by atoms with Crippen LogP contribution in [-0.4, -0.2) is 42.5 Å². The number of nitrogens with one attached hydrogen (secondary N) is 1. The number of benzene rings is 2. The van der Waals surface area contributed by atoms with E-state index in [1.54, 1.807) is 43.1 Å². The van der Waals surface area contributed by atoms with E-state index in [2.05, 4.69) is 5.32 Å². The lowest BCUT2D eigenvalue weighted by Crippen LogP contribution is -2.42. The molecule has 1 aliphatic heterocycles. The van der Waals surface area contributed by atoms with Gasteiger partial charge in [-0.15, -0.1) is 0 Å². The Hall–Kier alpha value is -3.59. The highest BCUT2D eigenvalue weighted by Crippen LogP contribution is 2.28. The van der Waals surface area contributed by atoms with Crippen molar-refractivity contribution >= 4 is 16.8 Å². The van der Waals surface area contributed by atoms with Crippen LogP contribution in [0.25, 0.3) is 10.9 Å². The minimum atomic E-state index is -0.372. The number of methoxy groups -OCH3 is 2. The van der Waals surface area contributed by atoms with Gasteiger partial charge in [0.25, 0.3) is 5.56 Å². The first kappa shape index (κ1) is 23.6. The highest BCUT2D eigenvalue weighted by Gasteiger charge is 2.23. The monoisotopic (exact) mass is 467 g/mol. The highest BCUT2D eigenvalue weighted by molar-refractivity contribution is 5.79. The van der Waals surface area contributed by atoms with E-state index < -0.39 is 0 Å². The molecule has 1 aliphatic rings. The lowest BCUT2D eigenvalue weighted by molar-refractivity contribution is -0.119. The van der Waals surface area contributed by atoms with E-state index in [9.17, 15) is 14.4 Å². The molecule has 180 valence electrons. The fraction of sp³-hybridized carbons (Fsp3) is 0.400. The molecular weight excluding hydrogens is 438 g/mol. The van der Waals surface area contributed by atoms with Crippen LogP contribution in [0.4, 0.5) is 0 Å². The Kier molecular flexibility index (Phi) is 7.02. The van der Waals surface area contributed by atoms with Crippen molar-refractivity contribution in [2.24, 2.45) is 0 Å². The SMILES string of the molecule is COc1ccc(Cn2c(=O)c3cc(CNC(C)=O)ccc3n(C3CCOCC3)c2=O)cc1OC. The molecular formula is C25H29N3O6. The average Bonchev–Trinajstić information content (AvgIpc) is 2.86. The van der Waals surface area contributed by atoms with E-state index in [1.807, 2.05) is 12.1 Å². The van der Waals surface area contributed by atoms with Crippen LogP contribution in [0.2, 0.25) is 0 Å². The lowest BCUT2D eigenvalue weighted by atomic mass is 10.1. The number of fused-ring (bicyclic) bond motifs is 1. The highest BCUT2D eigenvalue weighted by atomic mass is 16.5. The largest absolute Gasteiger partial charge is 0.493 e. The lowest BCUT2D eigenvalue weighted by Gasteiger charge is -2.26. The number of carbonyl (C=O) groups excluding carboxylic acids is 1. The van der Waals surface area contributed by atoms with Crippen LogP contribution in [0.1, 0.15) is 36.9 Å². The molecule has 1 N–H and O–H groups in total. The van der Waals surface area contributed by atoms with Gasteiger partial charge in [0.15, 0.2) is 11.5 Å². The molecule has 0 aliphatic carbocycles. The summed E-state index contributed by atoms with van der Waals surface area (Å²) in [5.41, 5.74) is 1.40. The van der Waals surface area contributed by atoms with E-state index >= 15 is 0 Å². The van der Waals surface area contributed by atoms with Crippen LogP contribution < -0.4 is 26.0 Å². The number of amides is 1. The van der Waals surface area contributed by atoms with Gasteiger partial charge in [-0.25, -0.2) is 4.79 Å². The number of nitrogens with zero attached hydrogens (tertiary/aromatic N) is 2. The van der Waals surface area contributed by atoms with Gasteiger partial charge in [-0.1, -0.05) is 12.1 Å². The molecule has 1 amide bonds. The maximum absolute atomic E-state index is 13.7. The van der Waals surface area contributed by atoms with Gasteiger partial charge in [0.2, 0.25) is 5.91 Å². The van der Waals surface area contributed by atoms with Crippen LogP contribution in [0.3, 0.4) is 0 Å². The standard InChI is InChI=1S/C25H29N3O6/c1-16(29)26-14-17-4-6-21-20(12-17)24(30)27(25(31)28(21)19-8-10-34-11-9-19)15-18-5-7-22(32-2)23(13-18)33-3/h4-7,12-13,19H,8-11,14-15H2,1-3H3,(H,26,29). The van der Waals surface area contributed by atoms with Crippen molar-refractivity contribution in [1.29, 1.82) is 0 Å². The van der Waals surface area contributed by atoms with Gasteiger partial charge >= 0.3 is 5.69 Å². The Balaban J connectivity index is 1.87. The first-order chi connectivity index (χ1) is 16.4. The smallest absolute Gasteiger partial charge is 0.332 e. The van der Waals surface area contributed by atoms with Crippen LogP contribution in [0.5, 0.6) is 11.5 Å². The van der Waals surface area contributed by atoms with E-state index in [-0.39, 0.29) is 29.7 Å². The quantitative estimate of drug-likeness (QED) is 0.572. The molecule has 0 radical (unpaired) electrons. The van der Waals surface area contributed by atoms with E-state index in [0.29, 0.717) is 55.0 Å². The Morgan fingerprint density at radius 1 is 1.03 bits per heavy atom. The molecule has 34 heavy (non-hydrogen) atoms. The van der Waals surface area contributed by atoms with Crippen LogP contribution in [0.15, 0.2) is 46.0 Å². The van der Waals surface area contributed by atoms with Crippen molar-refractivity contribution in [1.82, 2.24) is 14.5 Å². The normalized spacial score (nSPS) is 14.2. The fourth-order valence-corrected chi connectivity index (χ4v) is 4.36. The molecule has 9 nitrogen and oxygen atoms in total. The molecule has 0 bridgehead atoms. The Bertz CT molecular complexity index is 1320. The summed E-state index contributed by atoms with van der Waals surface area (Å²) >= 11 is 0. The summed E-state index contributed by atoms with van der Waals surface area (Å²) in [6.45, 7) is 2.96. The second-order valence-corrected chi connectivity index (χ2v) is 8.34. The molecule has 0 spiro atoms. The van der Waals surface area contributed by atoms with Gasteiger partial charge in [-0.2, -0.15) is 0 Å². The number of carbonyl (C=O) groups is 1. The Morgan fingerprint density at radius 2 is 1.74 bits per heavy atom. The summed E-state index contributed by atoms with van der Waals surface area (Å²) in [7, 11) is 3.09. The molecule has 0 saturated carbocycles. The molecule has 4 rings (SSSR count). The van der Waals surface area contributed by atoms with Gasteiger partial charge < -0.3 is 19.5 Å². The summed E-state index contributed by atoms with van der Waals surface area (Å²) < 4.78 is 19.2. The molecule has 9 heteroatoms. The van der Waals surface area contributed by atoms with Gasteiger partial charge in [0.05, 0.1) is 31.7 Å². The zero-order valence-corrected chi connectivity index (χ0v) is 19.6. The second-order valence-electron chi connectivity index (χ2n) is 8.34. The molecule has 1 saturated heterocycles. The second kappa shape index (κ2) is 10.1. The zero-order chi connectivity index (χ0) is 24.2. The fourth-order valence-electron chi connectivity index (χ4n) is 4.36. The molecule has 1 aromatic heterocycles. The number of aromatic nitrogens is 2. The average molecular weight is 468 g/mol. The number of ether oxygens (including phenoxy) is 3. The number of rotatable bonds is 7. The number of hydrogen-bond acceptors (Lipinski definition) is 6. The third-order valence-electron chi connectivity index (χ3n) is 6.12. The van der Waals surface area contributed by atoms with Gasteiger partial charge in [-0.05, 0) is 48.2 Å². The summed E-state index contributed by atoms with van der Waals surface area (Å²) in [5.74, 6) is 0.939. The maximum atomic E-state index is 13.7. The van der Waals surface area contributed by atoms with Crippen LogP contribution in [0, 0.1) is 0 Å². The van der Waals surface area contributed by atoms with Gasteiger partial charge in [0.1, 0.15) is 0 Å². The van der Waals surface area contributed by atoms with Gasteiger partial charge in [-0.3, -0.25) is 18.7 Å². The van der Waals surface area contributed by atoms with Crippen molar-refractivity contribution in [3.63, 3.8) is 0 Å². The molecule has 1 fully saturated rings. The summed E-state index contributed by atoms with van der Waals surface area (Å²) in [6, 6.07) is 10.7. The van der Waals surface area contributed by atoms with Crippen LogP contribution >= 0.6 is 0 Å². The maximum Gasteiger partial charge on any atom is 0.332 e. The van der Waals surface area contributed by atoms with E-state index in [1.165, 1.54) is 11.5 Å². The van der Waals surface area contributed by atoms with Crippen molar-refractivity contribution in [2.45, 2.75) is 38.9 Å². The Morgan fingerprint density at radius 3 is 2.41 bits per heavy atom. The summed E-state index contributed by atoms with van der Waals surface area (Å²) in [4.78, 5) is 38.6. The van der Waals surface area contributed by atoms with Crippen molar-refractivity contribution in [3.8, 4) is 11.5 Å². The zero-order valence-electron chi connectivity index (χ0n) is 19.6. The van der Waals surface area contributed by atoms with Crippen molar-refractivity contribution < 1.29 is 19.0 Å². The summed E-state index contributed by atoms with van der Waals surface area (Å²) in [5, 5.41) is 3.19. The molecule has 0 atom stereocenters. The number of hydrogen-bond donors (Lipinski definition) is 1. The predicted molar refractivity (Wildman–Crippen MR) is 128 cm³/mol. The van der Waals surface area contributed by atoms with Crippen molar-refractivity contribution in [2.75, 3.05) is 27.4 Å². The van der Waals surface area contributed by atoms with E-state index in [0.717, 1.165) is 11.1 Å². The minimum absolute atomic E-state index is 0.0674. The molecule has 2 aromatic carbocycles. The third kappa shape index (κ3) is 4.70. The molecule has 3 aromatic rings. The topological polar surface area (TPSA) is 101 Å². The molecule has 0 unspecified atom stereocenters. The van der Waals surface area contributed by atoms with Crippen molar-refractivity contribution in [3.05, 3.63) is 68.4 Å². The molecule has 2 heterocycles. The summed E-state index contributed by atoms with van der Waals surface area (Å²) in [6.07, 6.45) is 1.38. The first-order valence-corrected chi connectivity index (χ1v) is 11.2. The third-order valence-corrected chi connectivity index (χ3v) is 6.12. The van der Waals surface area contributed by atoms with Crippen LogP contribution in [-0.2, 0) is 22.6 Å². The Labute approximate surface area is 196 Å². The minimum Gasteiger partial charge on any atom is -0.493 e. The van der Waals surface area contributed by atoms with E-state index in [4.69, 9.17) is 14.2 Å². The van der Waals surface area contributed by atoms with Gasteiger partial charge in [0, 0.05) is 32.7 Å². The predicted octanol–water partition coefficient (Wildman–Crippen LogP) is 2.22.